The Bertz CT molecular complexity index is 540. The smallest absolute Gasteiger partial charge is 0.410 e. The van der Waals surface area contributed by atoms with Crippen molar-refractivity contribution in [2.75, 3.05) is 6.54 Å². The molecule has 1 saturated heterocycles. The second kappa shape index (κ2) is 5.54. The number of rotatable bonds is 1. The topological polar surface area (TPSA) is 42.4 Å². The molecule has 0 aliphatic carbocycles. The lowest BCUT2D eigenvalue weighted by Gasteiger charge is -2.28. The molecule has 1 fully saturated rings. The number of hydrogen-bond donors (Lipinski definition) is 0. The number of nitrogens with zero attached hydrogens (tertiary/aromatic N) is 2. The largest absolute Gasteiger partial charge is 0.444 e. The van der Waals surface area contributed by atoms with Crippen LogP contribution in [0.2, 0.25) is 0 Å². The molecule has 1 aliphatic heterocycles. The van der Waals surface area contributed by atoms with Crippen molar-refractivity contribution in [2.45, 2.75) is 45.3 Å². The molecular formula is C16H20N2O2. The molecule has 4 nitrogen and oxygen atoms in total. The van der Waals surface area contributed by atoms with Crippen LogP contribution in [0.4, 0.5) is 4.79 Å². The maximum Gasteiger partial charge on any atom is 0.410 e. The van der Waals surface area contributed by atoms with Crippen LogP contribution >= 0.6 is 0 Å². The molecule has 0 N–H and O–H groups in total. The van der Waals surface area contributed by atoms with Crippen LogP contribution in [0.15, 0.2) is 18.5 Å². The first-order chi connectivity index (χ1) is 9.40. The minimum absolute atomic E-state index is 0.00523. The molecule has 0 aromatic carbocycles. The quantitative estimate of drug-likeness (QED) is 0.738. The van der Waals surface area contributed by atoms with Crippen LogP contribution in [0.25, 0.3) is 0 Å². The van der Waals surface area contributed by atoms with E-state index < -0.39 is 5.60 Å². The Kier molecular flexibility index (Phi) is 3.99. The lowest BCUT2D eigenvalue weighted by atomic mass is 10.1. The van der Waals surface area contributed by atoms with Gasteiger partial charge in [-0.05, 0) is 45.2 Å². The van der Waals surface area contributed by atoms with Gasteiger partial charge in [-0.25, -0.2) is 4.79 Å². The monoisotopic (exact) mass is 272 g/mol. The number of carbonyl (C=O) groups is 1. The van der Waals surface area contributed by atoms with E-state index in [0.717, 1.165) is 24.0 Å². The Balaban J connectivity index is 2.19. The number of amides is 1. The van der Waals surface area contributed by atoms with Crippen molar-refractivity contribution in [3.05, 3.63) is 29.6 Å². The molecule has 1 atom stereocenters. The molecule has 20 heavy (non-hydrogen) atoms. The SMILES string of the molecule is C#Cc1cncc(C2CCCN2C(=O)OC(C)(C)C)c1. The van der Waals surface area contributed by atoms with Crippen LogP contribution in [0.3, 0.4) is 0 Å². The van der Waals surface area contributed by atoms with Gasteiger partial charge in [-0.1, -0.05) is 5.92 Å². The van der Waals surface area contributed by atoms with E-state index in [1.807, 2.05) is 26.8 Å². The number of pyridine rings is 1. The number of terminal acetylenes is 1. The highest BCUT2D eigenvalue weighted by Crippen LogP contribution is 2.33. The Hall–Kier alpha value is -2.02. The lowest BCUT2D eigenvalue weighted by molar-refractivity contribution is 0.0224. The zero-order chi connectivity index (χ0) is 14.8. The molecule has 1 aromatic heterocycles. The molecule has 0 saturated carbocycles. The summed E-state index contributed by atoms with van der Waals surface area (Å²) < 4.78 is 5.46. The predicted molar refractivity (Wildman–Crippen MR) is 77.1 cm³/mol. The average Bonchev–Trinajstić information content (AvgIpc) is 2.86. The third kappa shape index (κ3) is 3.30. The van der Waals surface area contributed by atoms with Gasteiger partial charge in [0.1, 0.15) is 5.60 Å². The Morgan fingerprint density at radius 3 is 2.90 bits per heavy atom. The highest BCUT2D eigenvalue weighted by Gasteiger charge is 2.33. The summed E-state index contributed by atoms with van der Waals surface area (Å²) in [4.78, 5) is 18.2. The van der Waals surface area contributed by atoms with E-state index in [1.54, 1.807) is 17.3 Å². The maximum atomic E-state index is 12.2. The van der Waals surface area contributed by atoms with E-state index in [4.69, 9.17) is 11.2 Å². The third-order valence-electron chi connectivity index (χ3n) is 3.19. The lowest BCUT2D eigenvalue weighted by Crippen LogP contribution is -2.36. The van der Waals surface area contributed by atoms with Crippen LogP contribution in [0.1, 0.15) is 50.8 Å². The van der Waals surface area contributed by atoms with Crippen LogP contribution in [0, 0.1) is 12.3 Å². The fraction of sp³-hybridized carbons (Fsp3) is 0.500. The zero-order valence-corrected chi connectivity index (χ0v) is 12.2. The normalized spacial score (nSPS) is 18.7. The minimum Gasteiger partial charge on any atom is -0.444 e. The van der Waals surface area contributed by atoms with E-state index in [2.05, 4.69) is 10.9 Å². The van der Waals surface area contributed by atoms with Gasteiger partial charge >= 0.3 is 6.09 Å². The van der Waals surface area contributed by atoms with E-state index in [9.17, 15) is 4.79 Å². The molecule has 106 valence electrons. The van der Waals surface area contributed by atoms with Crippen molar-refractivity contribution < 1.29 is 9.53 Å². The molecule has 2 heterocycles. The molecule has 1 unspecified atom stereocenters. The Morgan fingerprint density at radius 2 is 2.25 bits per heavy atom. The summed E-state index contributed by atoms with van der Waals surface area (Å²) in [6.45, 7) is 6.32. The van der Waals surface area contributed by atoms with Crippen LogP contribution < -0.4 is 0 Å². The number of aromatic nitrogens is 1. The van der Waals surface area contributed by atoms with Crippen molar-refractivity contribution >= 4 is 6.09 Å². The van der Waals surface area contributed by atoms with E-state index in [-0.39, 0.29) is 12.1 Å². The highest BCUT2D eigenvalue weighted by molar-refractivity contribution is 5.69. The summed E-state index contributed by atoms with van der Waals surface area (Å²) in [6, 6.07) is 1.92. The van der Waals surface area contributed by atoms with Crippen LogP contribution in [0.5, 0.6) is 0 Å². The molecule has 1 aliphatic rings. The van der Waals surface area contributed by atoms with Crippen molar-refractivity contribution in [1.29, 1.82) is 0 Å². The van der Waals surface area contributed by atoms with Gasteiger partial charge in [-0.3, -0.25) is 4.98 Å². The molecule has 0 radical (unpaired) electrons. The minimum atomic E-state index is -0.483. The summed E-state index contributed by atoms with van der Waals surface area (Å²) in [6.07, 6.45) is 10.4. The molecule has 2 rings (SSSR count). The fourth-order valence-electron chi connectivity index (χ4n) is 2.37. The predicted octanol–water partition coefficient (Wildman–Crippen LogP) is 3.13. The highest BCUT2D eigenvalue weighted by atomic mass is 16.6. The summed E-state index contributed by atoms with van der Waals surface area (Å²) >= 11 is 0. The second-order valence-corrected chi connectivity index (χ2v) is 5.98. The van der Waals surface area contributed by atoms with Crippen molar-refractivity contribution in [3.8, 4) is 12.3 Å². The van der Waals surface area contributed by atoms with E-state index in [0.29, 0.717) is 6.54 Å². The first-order valence-electron chi connectivity index (χ1n) is 6.82. The Morgan fingerprint density at radius 1 is 1.50 bits per heavy atom. The van der Waals surface area contributed by atoms with Gasteiger partial charge in [0.15, 0.2) is 0 Å². The first kappa shape index (κ1) is 14.4. The summed E-state index contributed by atoms with van der Waals surface area (Å²) in [5.74, 6) is 2.58. The van der Waals surface area contributed by atoms with Gasteiger partial charge in [0, 0.05) is 24.5 Å². The molecule has 1 aromatic rings. The summed E-state index contributed by atoms with van der Waals surface area (Å²) in [5, 5.41) is 0. The van der Waals surface area contributed by atoms with Gasteiger partial charge in [-0.15, -0.1) is 6.42 Å². The average molecular weight is 272 g/mol. The molecule has 4 heteroatoms. The second-order valence-electron chi connectivity index (χ2n) is 5.98. The molecule has 0 bridgehead atoms. The van der Waals surface area contributed by atoms with E-state index in [1.165, 1.54) is 0 Å². The summed E-state index contributed by atoms with van der Waals surface area (Å²) in [5.41, 5.74) is 1.23. The van der Waals surface area contributed by atoms with Crippen LogP contribution in [-0.4, -0.2) is 28.1 Å². The Labute approximate surface area is 120 Å². The third-order valence-corrected chi connectivity index (χ3v) is 3.19. The number of ether oxygens (including phenoxy) is 1. The van der Waals surface area contributed by atoms with Gasteiger partial charge in [0.05, 0.1) is 6.04 Å². The van der Waals surface area contributed by atoms with Gasteiger partial charge < -0.3 is 9.64 Å². The van der Waals surface area contributed by atoms with Gasteiger partial charge in [0.25, 0.3) is 0 Å². The zero-order valence-electron chi connectivity index (χ0n) is 12.2. The number of likely N-dealkylation sites (tertiary alicyclic amines) is 1. The number of hydrogen-bond acceptors (Lipinski definition) is 3. The van der Waals surface area contributed by atoms with Crippen LogP contribution in [-0.2, 0) is 4.74 Å². The van der Waals surface area contributed by atoms with E-state index >= 15 is 0 Å². The number of carbonyl (C=O) groups excluding carboxylic acids is 1. The van der Waals surface area contributed by atoms with Gasteiger partial charge in [0.2, 0.25) is 0 Å². The maximum absolute atomic E-state index is 12.2. The van der Waals surface area contributed by atoms with Gasteiger partial charge in [-0.2, -0.15) is 0 Å². The molecule has 0 spiro atoms. The van der Waals surface area contributed by atoms with Crippen molar-refractivity contribution in [3.63, 3.8) is 0 Å². The fourth-order valence-corrected chi connectivity index (χ4v) is 2.37. The molecular weight excluding hydrogens is 252 g/mol. The van der Waals surface area contributed by atoms with Crippen molar-refractivity contribution in [1.82, 2.24) is 9.88 Å². The molecule has 1 amide bonds. The van der Waals surface area contributed by atoms with Crippen molar-refractivity contribution in [2.24, 2.45) is 0 Å². The standard InChI is InChI=1S/C16H20N2O2/c1-5-12-9-13(11-17-10-12)14-7-6-8-18(14)15(19)20-16(2,3)4/h1,9-11,14H,6-8H2,2-4H3. The first-order valence-corrected chi connectivity index (χ1v) is 6.82. The summed E-state index contributed by atoms with van der Waals surface area (Å²) in [7, 11) is 0.